The van der Waals surface area contributed by atoms with E-state index in [4.69, 9.17) is 11.6 Å². The van der Waals surface area contributed by atoms with E-state index < -0.39 is 5.25 Å². The second kappa shape index (κ2) is 12.1. The fourth-order valence-corrected chi connectivity index (χ4v) is 4.56. The molecule has 1 atom stereocenters. The second-order valence-corrected chi connectivity index (χ2v) is 9.28. The molecule has 0 fully saturated rings. The lowest BCUT2D eigenvalue weighted by molar-refractivity contribution is -0.116. The van der Waals surface area contributed by atoms with Gasteiger partial charge in [-0.1, -0.05) is 78.3 Å². The van der Waals surface area contributed by atoms with Gasteiger partial charge in [0, 0.05) is 27.4 Å². The minimum atomic E-state index is -0.468. The summed E-state index contributed by atoms with van der Waals surface area (Å²) in [5.41, 5.74) is 3.17. The molecule has 0 aliphatic rings. The van der Waals surface area contributed by atoms with Gasteiger partial charge in [0.25, 0.3) is 0 Å². The third-order valence-electron chi connectivity index (χ3n) is 5.04. The van der Waals surface area contributed by atoms with E-state index in [1.165, 1.54) is 17.8 Å². The zero-order valence-corrected chi connectivity index (χ0v) is 20.3. The predicted octanol–water partition coefficient (Wildman–Crippen LogP) is 7.46. The van der Waals surface area contributed by atoms with Crippen molar-refractivity contribution in [2.75, 3.05) is 10.6 Å². The molecule has 0 saturated carbocycles. The largest absolute Gasteiger partial charge is 0.325 e. The first kappa shape index (κ1) is 24.3. The molecule has 0 radical (unpaired) electrons. The maximum Gasteiger partial charge on any atom is 0.248 e. The Balaban J connectivity index is 1.44. The monoisotopic (exact) mass is 498 g/mol. The van der Waals surface area contributed by atoms with Gasteiger partial charge in [-0.2, -0.15) is 0 Å². The van der Waals surface area contributed by atoms with Crippen molar-refractivity contribution in [2.45, 2.75) is 10.1 Å². The summed E-state index contributed by atoms with van der Waals surface area (Å²) in [6.07, 6.45) is 3.27. The molecule has 0 saturated heterocycles. The van der Waals surface area contributed by atoms with E-state index in [1.54, 1.807) is 30.3 Å². The number of thioether (sulfide) groups is 1. The standard InChI is InChI=1S/C29H23ClN2O2S/c30-23-12-7-13-25(20-23)32-29(34)28(22-10-5-2-6-11-22)35-26-17-15-24(16-18-26)31-27(33)19-14-21-8-3-1-4-9-21/h1-20,28H,(H,31,33)(H,32,34)/b19-14+. The maximum absolute atomic E-state index is 13.2. The molecule has 174 valence electrons. The fourth-order valence-electron chi connectivity index (χ4n) is 3.35. The first-order valence-corrected chi connectivity index (χ1v) is 12.2. The van der Waals surface area contributed by atoms with Crippen LogP contribution in [0.3, 0.4) is 0 Å². The highest BCUT2D eigenvalue weighted by Gasteiger charge is 2.22. The summed E-state index contributed by atoms with van der Waals surface area (Å²) in [5.74, 6) is -0.357. The van der Waals surface area contributed by atoms with Gasteiger partial charge in [0.05, 0.1) is 0 Å². The third-order valence-corrected chi connectivity index (χ3v) is 6.54. The Bertz CT molecular complexity index is 1310. The molecular formula is C29H23ClN2O2S. The van der Waals surface area contributed by atoms with E-state index in [9.17, 15) is 9.59 Å². The average Bonchev–Trinajstić information content (AvgIpc) is 2.88. The lowest BCUT2D eigenvalue weighted by Gasteiger charge is -2.17. The van der Waals surface area contributed by atoms with Crippen LogP contribution < -0.4 is 10.6 Å². The summed E-state index contributed by atoms with van der Waals surface area (Å²) < 4.78 is 0. The van der Waals surface area contributed by atoms with Crippen LogP contribution in [0.5, 0.6) is 0 Å². The van der Waals surface area contributed by atoms with Gasteiger partial charge < -0.3 is 10.6 Å². The Kier molecular flexibility index (Phi) is 8.39. The molecule has 4 rings (SSSR count). The molecule has 4 aromatic carbocycles. The van der Waals surface area contributed by atoms with Crippen LogP contribution in [-0.4, -0.2) is 11.8 Å². The van der Waals surface area contributed by atoms with Gasteiger partial charge in [-0.15, -0.1) is 11.8 Å². The summed E-state index contributed by atoms with van der Waals surface area (Å²) in [4.78, 5) is 26.3. The van der Waals surface area contributed by atoms with E-state index in [1.807, 2.05) is 84.9 Å². The Labute approximate surface area is 214 Å². The second-order valence-electron chi connectivity index (χ2n) is 7.67. The number of nitrogens with one attached hydrogen (secondary N) is 2. The summed E-state index contributed by atoms with van der Waals surface area (Å²) in [6, 6.07) is 33.8. The maximum atomic E-state index is 13.2. The molecule has 2 amide bonds. The lowest BCUT2D eigenvalue weighted by Crippen LogP contribution is -2.19. The minimum Gasteiger partial charge on any atom is -0.325 e. The zero-order valence-electron chi connectivity index (χ0n) is 18.7. The third kappa shape index (κ3) is 7.34. The van der Waals surface area contributed by atoms with E-state index >= 15 is 0 Å². The van der Waals surface area contributed by atoms with Crippen molar-refractivity contribution < 1.29 is 9.59 Å². The van der Waals surface area contributed by atoms with Gasteiger partial charge in [-0.25, -0.2) is 0 Å². The van der Waals surface area contributed by atoms with Crippen molar-refractivity contribution in [3.8, 4) is 0 Å². The SMILES string of the molecule is O=C(/C=C/c1ccccc1)Nc1ccc(SC(C(=O)Nc2cccc(Cl)c2)c2ccccc2)cc1. The van der Waals surface area contributed by atoms with Gasteiger partial charge in [-0.05, 0) is 59.7 Å². The first-order valence-electron chi connectivity index (χ1n) is 11.0. The molecule has 0 bridgehead atoms. The van der Waals surface area contributed by atoms with Gasteiger partial charge in [0.1, 0.15) is 5.25 Å². The van der Waals surface area contributed by atoms with Crippen molar-refractivity contribution >= 4 is 52.6 Å². The number of rotatable bonds is 8. The molecule has 1 unspecified atom stereocenters. The zero-order chi connectivity index (χ0) is 24.5. The fraction of sp³-hybridized carbons (Fsp3) is 0.0345. The van der Waals surface area contributed by atoms with Crippen LogP contribution in [0.25, 0.3) is 6.08 Å². The van der Waals surface area contributed by atoms with E-state index in [0.717, 1.165) is 16.0 Å². The van der Waals surface area contributed by atoms with Crippen molar-refractivity contribution in [3.63, 3.8) is 0 Å². The molecule has 0 aromatic heterocycles. The molecule has 4 nitrogen and oxygen atoms in total. The number of hydrogen-bond donors (Lipinski definition) is 2. The normalized spacial score (nSPS) is 11.7. The van der Waals surface area contributed by atoms with Gasteiger partial charge in [0.2, 0.25) is 11.8 Å². The summed E-state index contributed by atoms with van der Waals surface area (Å²) in [5, 5.41) is 5.91. The topological polar surface area (TPSA) is 58.2 Å². The first-order chi connectivity index (χ1) is 17.1. The van der Waals surface area contributed by atoms with Crippen LogP contribution in [0.15, 0.2) is 120 Å². The molecule has 2 N–H and O–H groups in total. The summed E-state index contributed by atoms with van der Waals surface area (Å²) in [7, 11) is 0. The van der Waals surface area contributed by atoms with Crippen molar-refractivity contribution in [1.82, 2.24) is 0 Å². The average molecular weight is 499 g/mol. The quantitative estimate of drug-likeness (QED) is 0.196. The van der Waals surface area contributed by atoms with Crippen LogP contribution >= 0.6 is 23.4 Å². The summed E-state index contributed by atoms with van der Waals surface area (Å²) >= 11 is 7.50. The predicted molar refractivity (Wildman–Crippen MR) is 146 cm³/mol. The van der Waals surface area contributed by atoms with Gasteiger partial charge in [0.15, 0.2) is 0 Å². The van der Waals surface area contributed by atoms with E-state index in [0.29, 0.717) is 16.4 Å². The van der Waals surface area contributed by atoms with Gasteiger partial charge >= 0.3 is 0 Å². The number of halogens is 1. The van der Waals surface area contributed by atoms with Gasteiger partial charge in [-0.3, -0.25) is 9.59 Å². The van der Waals surface area contributed by atoms with Crippen LogP contribution in [0.1, 0.15) is 16.4 Å². The lowest BCUT2D eigenvalue weighted by atomic mass is 10.1. The van der Waals surface area contributed by atoms with Crippen molar-refractivity contribution in [3.05, 3.63) is 131 Å². The highest BCUT2D eigenvalue weighted by molar-refractivity contribution is 8.00. The van der Waals surface area contributed by atoms with Crippen molar-refractivity contribution in [2.24, 2.45) is 0 Å². The number of carbonyl (C=O) groups excluding carboxylic acids is 2. The molecule has 4 aromatic rings. The highest BCUT2D eigenvalue weighted by Crippen LogP contribution is 2.36. The smallest absolute Gasteiger partial charge is 0.248 e. The number of carbonyl (C=O) groups is 2. The van der Waals surface area contributed by atoms with E-state index in [-0.39, 0.29) is 11.8 Å². The number of anilines is 2. The van der Waals surface area contributed by atoms with Crippen LogP contribution in [0.2, 0.25) is 5.02 Å². The molecule has 6 heteroatoms. The Morgan fingerprint density at radius 1 is 0.743 bits per heavy atom. The minimum absolute atomic E-state index is 0.146. The molecule has 0 spiro atoms. The van der Waals surface area contributed by atoms with Crippen LogP contribution in [0.4, 0.5) is 11.4 Å². The van der Waals surface area contributed by atoms with E-state index in [2.05, 4.69) is 10.6 Å². The van der Waals surface area contributed by atoms with Crippen LogP contribution in [0, 0.1) is 0 Å². The summed E-state index contributed by atoms with van der Waals surface area (Å²) in [6.45, 7) is 0. The number of hydrogen-bond acceptors (Lipinski definition) is 3. The molecule has 0 heterocycles. The number of benzene rings is 4. The molecular weight excluding hydrogens is 476 g/mol. The highest BCUT2D eigenvalue weighted by atomic mass is 35.5. The molecule has 0 aliphatic heterocycles. The van der Waals surface area contributed by atoms with Crippen molar-refractivity contribution in [1.29, 1.82) is 0 Å². The Morgan fingerprint density at radius 2 is 1.43 bits per heavy atom. The Morgan fingerprint density at radius 3 is 2.11 bits per heavy atom. The molecule has 0 aliphatic carbocycles. The number of amides is 2. The van der Waals surface area contributed by atoms with Crippen LogP contribution in [-0.2, 0) is 9.59 Å². The molecule has 35 heavy (non-hydrogen) atoms. The Hall–Kier alpha value is -3.80.